The van der Waals surface area contributed by atoms with E-state index in [2.05, 4.69) is 66.2 Å². The Hall–Kier alpha value is -3.01. The third-order valence-electron chi connectivity index (χ3n) is 4.68. The maximum atomic E-state index is 5.44. The summed E-state index contributed by atoms with van der Waals surface area (Å²) in [6, 6.07) is 19.1. The molecule has 4 aromatic rings. The molecule has 2 aromatic carbocycles. The number of nitrogens with one attached hydrogen (secondary N) is 1. The molecule has 0 atom stereocenters. The second-order valence-electron chi connectivity index (χ2n) is 6.62. The van der Waals surface area contributed by atoms with E-state index in [1.165, 1.54) is 16.7 Å². The molecule has 0 aliphatic heterocycles. The van der Waals surface area contributed by atoms with Gasteiger partial charge >= 0.3 is 0 Å². The monoisotopic (exact) mass is 345 g/mol. The fourth-order valence-corrected chi connectivity index (χ4v) is 3.15. The Morgan fingerprint density at radius 3 is 2.58 bits per heavy atom. The molecule has 4 heteroatoms. The smallest absolute Gasteiger partial charge is 0.204 e. The molecule has 0 aliphatic carbocycles. The van der Waals surface area contributed by atoms with Gasteiger partial charge in [0.25, 0.3) is 0 Å². The normalized spacial score (nSPS) is 11.2. The number of rotatable bonds is 6. The molecule has 0 saturated carbocycles. The Labute approximate surface area is 153 Å². The van der Waals surface area contributed by atoms with E-state index in [1.54, 1.807) is 6.26 Å². The predicted molar refractivity (Wildman–Crippen MR) is 105 cm³/mol. The minimum absolute atomic E-state index is 0.616. The first-order valence-electron chi connectivity index (χ1n) is 9.04. The van der Waals surface area contributed by atoms with Gasteiger partial charge < -0.3 is 14.3 Å². The number of anilines is 1. The number of benzene rings is 2. The van der Waals surface area contributed by atoms with Gasteiger partial charge in [-0.25, -0.2) is 4.98 Å². The van der Waals surface area contributed by atoms with E-state index >= 15 is 0 Å². The molecule has 0 unspecified atom stereocenters. The molecule has 26 heavy (non-hydrogen) atoms. The summed E-state index contributed by atoms with van der Waals surface area (Å²) >= 11 is 0. The summed E-state index contributed by atoms with van der Waals surface area (Å²) in [4.78, 5) is 4.84. The fourth-order valence-electron chi connectivity index (χ4n) is 3.15. The average Bonchev–Trinajstić information content (AvgIpc) is 3.29. The molecule has 2 heterocycles. The van der Waals surface area contributed by atoms with Crippen molar-refractivity contribution in [2.45, 2.75) is 33.4 Å². The van der Waals surface area contributed by atoms with Crippen molar-refractivity contribution in [3.05, 3.63) is 83.3 Å². The third-order valence-corrected chi connectivity index (χ3v) is 4.68. The van der Waals surface area contributed by atoms with Crippen LogP contribution in [0.1, 0.15) is 29.4 Å². The van der Waals surface area contributed by atoms with Gasteiger partial charge in [0.15, 0.2) is 0 Å². The van der Waals surface area contributed by atoms with Crippen molar-refractivity contribution in [2.75, 3.05) is 5.32 Å². The molecule has 1 N–H and O–H groups in total. The third kappa shape index (κ3) is 3.36. The summed E-state index contributed by atoms with van der Waals surface area (Å²) < 4.78 is 7.68. The zero-order chi connectivity index (χ0) is 17.9. The standard InChI is InChI=1S/C22H23N3O/c1-3-17-10-11-21-20(13-17)24-22(23-14-19-5-4-12-26-19)25(21)15-18-8-6-16(2)7-9-18/h4-13H,3,14-15H2,1-2H3,(H,23,24). The lowest BCUT2D eigenvalue weighted by atomic mass is 10.1. The largest absolute Gasteiger partial charge is 0.467 e. The molecule has 4 rings (SSSR count). The van der Waals surface area contributed by atoms with E-state index in [0.29, 0.717) is 6.54 Å². The topological polar surface area (TPSA) is 43.0 Å². The average molecular weight is 345 g/mol. The van der Waals surface area contributed by atoms with E-state index in [0.717, 1.165) is 35.7 Å². The molecule has 0 bridgehead atoms. The lowest BCUT2D eigenvalue weighted by Crippen LogP contribution is -2.08. The zero-order valence-electron chi connectivity index (χ0n) is 15.2. The van der Waals surface area contributed by atoms with Crippen LogP contribution >= 0.6 is 0 Å². The fraction of sp³-hybridized carbons (Fsp3) is 0.227. The van der Waals surface area contributed by atoms with Crippen molar-refractivity contribution in [1.29, 1.82) is 0 Å². The highest BCUT2D eigenvalue weighted by Crippen LogP contribution is 2.23. The summed E-state index contributed by atoms with van der Waals surface area (Å²) in [5, 5.41) is 3.43. The first-order valence-corrected chi connectivity index (χ1v) is 9.04. The number of hydrogen-bond donors (Lipinski definition) is 1. The van der Waals surface area contributed by atoms with Crippen molar-refractivity contribution in [1.82, 2.24) is 9.55 Å². The number of aromatic nitrogens is 2. The highest BCUT2D eigenvalue weighted by Gasteiger charge is 2.12. The number of furan rings is 1. The maximum Gasteiger partial charge on any atom is 0.204 e. The summed E-state index contributed by atoms with van der Waals surface area (Å²) in [5.74, 6) is 1.76. The molecule has 132 valence electrons. The van der Waals surface area contributed by atoms with Gasteiger partial charge in [-0.05, 0) is 48.7 Å². The highest BCUT2D eigenvalue weighted by molar-refractivity contribution is 5.79. The number of imidazole rings is 1. The Morgan fingerprint density at radius 2 is 1.85 bits per heavy atom. The molecule has 0 fully saturated rings. The van der Waals surface area contributed by atoms with Gasteiger partial charge in [-0.1, -0.05) is 42.8 Å². The van der Waals surface area contributed by atoms with E-state index in [9.17, 15) is 0 Å². The second-order valence-corrected chi connectivity index (χ2v) is 6.62. The lowest BCUT2D eigenvalue weighted by molar-refractivity contribution is 0.517. The van der Waals surface area contributed by atoms with Crippen LogP contribution in [-0.4, -0.2) is 9.55 Å². The van der Waals surface area contributed by atoms with Crippen molar-refractivity contribution in [3.8, 4) is 0 Å². The maximum absolute atomic E-state index is 5.44. The van der Waals surface area contributed by atoms with Crippen molar-refractivity contribution in [2.24, 2.45) is 0 Å². The quantitative estimate of drug-likeness (QED) is 0.525. The summed E-state index contributed by atoms with van der Waals surface area (Å²) in [6.45, 7) is 5.67. The summed E-state index contributed by atoms with van der Waals surface area (Å²) in [6.07, 6.45) is 2.70. The second kappa shape index (κ2) is 7.08. The molecule has 0 radical (unpaired) electrons. The summed E-state index contributed by atoms with van der Waals surface area (Å²) in [7, 11) is 0. The van der Waals surface area contributed by atoms with Gasteiger partial charge in [0, 0.05) is 0 Å². The van der Waals surface area contributed by atoms with E-state index < -0.39 is 0 Å². The van der Waals surface area contributed by atoms with Crippen LogP contribution in [0.3, 0.4) is 0 Å². The SMILES string of the molecule is CCc1ccc2c(c1)nc(NCc1ccco1)n2Cc1ccc(C)cc1. The first-order chi connectivity index (χ1) is 12.7. The van der Waals surface area contributed by atoms with Gasteiger partial charge in [-0.15, -0.1) is 0 Å². The van der Waals surface area contributed by atoms with E-state index in [1.807, 2.05) is 12.1 Å². The molecule has 4 nitrogen and oxygen atoms in total. The van der Waals surface area contributed by atoms with Gasteiger partial charge in [0.1, 0.15) is 5.76 Å². The van der Waals surface area contributed by atoms with Crippen molar-refractivity contribution >= 4 is 17.0 Å². The molecular formula is C22H23N3O. The number of nitrogens with zero attached hydrogens (tertiary/aromatic N) is 2. The van der Waals surface area contributed by atoms with Crippen LogP contribution in [0.2, 0.25) is 0 Å². The lowest BCUT2D eigenvalue weighted by Gasteiger charge is -2.11. The van der Waals surface area contributed by atoms with Crippen LogP contribution in [0.4, 0.5) is 5.95 Å². The molecule has 0 saturated heterocycles. The predicted octanol–water partition coefficient (Wildman–Crippen LogP) is 5.16. The van der Waals surface area contributed by atoms with Gasteiger partial charge in [-0.3, -0.25) is 0 Å². The molecule has 0 amide bonds. The zero-order valence-corrected chi connectivity index (χ0v) is 15.2. The van der Waals surface area contributed by atoms with Crippen LogP contribution in [0, 0.1) is 6.92 Å². The Morgan fingerprint density at radius 1 is 1.04 bits per heavy atom. The minimum Gasteiger partial charge on any atom is -0.467 e. The minimum atomic E-state index is 0.616. The van der Waals surface area contributed by atoms with Crippen LogP contribution in [0.5, 0.6) is 0 Å². The van der Waals surface area contributed by atoms with Crippen molar-refractivity contribution in [3.63, 3.8) is 0 Å². The van der Waals surface area contributed by atoms with Crippen LogP contribution < -0.4 is 5.32 Å². The first kappa shape index (κ1) is 16.5. The molecule has 0 spiro atoms. The number of hydrogen-bond acceptors (Lipinski definition) is 3. The Kier molecular flexibility index (Phi) is 4.48. The van der Waals surface area contributed by atoms with Gasteiger partial charge in [0.2, 0.25) is 5.95 Å². The van der Waals surface area contributed by atoms with E-state index in [-0.39, 0.29) is 0 Å². The molecule has 0 aliphatic rings. The van der Waals surface area contributed by atoms with Gasteiger partial charge in [-0.2, -0.15) is 0 Å². The summed E-state index contributed by atoms with van der Waals surface area (Å²) in [5.41, 5.74) is 6.00. The van der Waals surface area contributed by atoms with Crippen LogP contribution in [0.25, 0.3) is 11.0 Å². The van der Waals surface area contributed by atoms with Crippen LogP contribution in [-0.2, 0) is 19.5 Å². The van der Waals surface area contributed by atoms with E-state index in [4.69, 9.17) is 9.40 Å². The number of fused-ring (bicyclic) bond motifs is 1. The Balaban J connectivity index is 1.71. The Bertz CT molecular complexity index is 998. The number of aryl methyl sites for hydroxylation is 2. The molecule has 2 aromatic heterocycles. The van der Waals surface area contributed by atoms with Gasteiger partial charge in [0.05, 0.1) is 30.4 Å². The van der Waals surface area contributed by atoms with Crippen LogP contribution in [0.15, 0.2) is 65.3 Å². The molecular weight excluding hydrogens is 322 g/mol. The van der Waals surface area contributed by atoms with Crippen molar-refractivity contribution < 1.29 is 4.42 Å². The highest BCUT2D eigenvalue weighted by atomic mass is 16.3.